The van der Waals surface area contributed by atoms with E-state index in [1.54, 1.807) is 0 Å². The van der Waals surface area contributed by atoms with Crippen molar-refractivity contribution in [2.75, 3.05) is 4.90 Å². The molecule has 0 amide bonds. The number of aromatic nitrogens is 4. The molecule has 1 aliphatic rings. The number of rotatable bonds is 6. The summed E-state index contributed by atoms with van der Waals surface area (Å²) in [5.41, 5.74) is 12.1. The Morgan fingerprint density at radius 2 is 0.929 bits per heavy atom. The third-order valence-corrected chi connectivity index (χ3v) is 10.8. The van der Waals surface area contributed by atoms with Crippen LogP contribution in [0, 0.1) is 0 Å². The van der Waals surface area contributed by atoms with E-state index in [2.05, 4.69) is 149 Å². The van der Waals surface area contributed by atoms with Gasteiger partial charge < -0.3 is 9.47 Å². The van der Waals surface area contributed by atoms with E-state index in [-0.39, 0.29) is 0 Å². The Hall–Kier alpha value is -7.63. The van der Waals surface area contributed by atoms with Gasteiger partial charge in [-0.2, -0.15) is 0 Å². The summed E-state index contributed by atoms with van der Waals surface area (Å²) in [4.78, 5) is 17.1. The fourth-order valence-electron chi connectivity index (χ4n) is 8.13. The van der Waals surface area contributed by atoms with E-state index in [1.807, 2.05) is 60.7 Å². The lowest BCUT2D eigenvalue weighted by molar-refractivity contribution is 1.07. The SMILES string of the molecule is C1=CN(c2ccccc2)c2c3c1cccc3cc1c3ccc(-c4ccc(-c5nc(-c6ccccc6)nc(-c6ccccc6)n5)cc4)cc3n(-c3ccccc3)c21. The van der Waals surface area contributed by atoms with Crippen LogP contribution in [0.2, 0.25) is 0 Å². The molecule has 8 aromatic carbocycles. The zero-order valence-electron chi connectivity index (χ0n) is 30.3. The molecule has 2 aromatic heterocycles. The number of anilines is 2. The summed E-state index contributed by atoms with van der Waals surface area (Å²) in [7, 11) is 0. The summed E-state index contributed by atoms with van der Waals surface area (Å²) in [5, 5.41) is 4.92. The first-order valence-electron chi connectivity index (χ1n) is 18.9. The summed E-state index contributed by atoms with van der Waals surface area (Å²) >= 11 is 0. The molecular formula is C51H33N5. The molecule has 1 aliphatic heterocycles. The van der Waals surface area contributed by atoms with Crippen LogP contribution in [0.25, 0.3) is 89.6 Å². The molecule has 5 heteroatoms. The van der Waals surface area contributed by atoms with Crippen molar-refractivity contribution in [1.82, 2.24) is 19.5 Å². The van der Waals surface area contributed by atoms with Gasteiger partial charge in [0.2, 0.25) is 0 Å². The van der Waals surface area contributed by atoms with Crippen LogP contribution in [0.5, 0.6) is 0 Å². The number of para-hydroxylation sites is 2. The Kier molecular flexibility index (Phi) is 7.42. The standard InChI is InChI=1S/C51H33N5/c1-5-14-36(15-6-1)49-52-50(37-16-7-2-8-17-37)54-51(53-49)38-26-24-34(25-27-38)39-28-29-43-44-32-40-19-13-18-35-30-31-55(41-20-9-3-10-21-41)48(46(35)40)47(44)56(45(43)33-39)42-22-11-4-12-23-42/h1-33H. The number of nitrogens with zero attached hydrogens (tertiary/aromatic N) is 5. The Balaban J connectivity index is 1.08. The lowest BCUT2D eigenvalue weighted by atomic mass is 9.96. The molecule has 0 bridgehead atoms. The predicted molar refractivity (Wildman–Crippen MR) is 231 cm³/mol. The molecule has 10 aromatic rings. The van der Waals surface area contributed by atoms with E-state index in [1.165, 1.54) is 38.3 Å². The lowest BCUT2D eigenvalue weighted by Gasteiger charge is -2.28. The highest BCUT2D eigenvalue weighted by Gasteiger charge is 2.25. The average Bonchev–Trinajstić information content (AvgIpc) is 3.61. The van der Waals surface area contributed by atoms with E-state index in [0.717, 1.165) is 44.7 Å². The summed E-state index contributed by atoms with van der Waals surface area (Å²) in [6.07, 6.45) is 4.44. The van der Waals surface area contributed by atoms with Gasteiger partial charge in [-0.15, -0.1) is 0 Å². The molecule has 5 nitrogen and oxygen atoms in total. The van der Waals surface area contributed by atoms with E-state index < -0.39 is 0 Å². The number of hydrogen-bond acceptors (Lipinski definition) is 4. The van der Waals surface area contributed by atoms with Crippen LogP contribution >= 0.6 is 0 Å². The van der Waals surface area contributed by atoms with Crippen LogP contribution in [0.15, 0.2) is 194 Å². The fourth-order valence-corrected chi connectivity index (χ4v) is 8.13. The topological polar surface area (TPSA) is 46.8 Å². The maximum Gasteiger partial charge on any atom is 0.164 e. The molecule has 0 N–H and O–H groups in total. The van der Waals surface area contributed by atoms with E-state index >= 15 is 0 Å². The maximum atomic E-state index is 4.96. The van der Waals surface area contributed by atoms with E-state index in [9.17, 15) is 0 Å². The Morgan fingerprint density at radius 3 is 1.55 bits per heavy atom. The monoisotopic (exact) mass is 715 g/mol. The highest BCUT2D eigenvalue weighted by molar-refractivity contribution is 6.23. The Labute approximate surface area is 324 Å². The van der Waals surface area contributed by atoms with Gasteiger partial charge >= 0.3 is 0 Å². The van der Waals surface area contributed by atoms with Crippen molar-refractivity contribution in [1.29, 1.82) is 0 Å². The largest absolute Gasteiger partial charge is 0.315 e. The maximum absolute atomic E-state index is 4.96. The van der Waals surface area contributed by atoms with Crippen molar-refractivity contribution in [2.24, 2.45) is 0 Å². The highest BCUT2D eigenvalue weighted by Crippen LogP contribution is 2.48. The predicted octanol–water partition coefficient (Wildman–Crippen LogP) is 12.9. The van der Waals surface area contributed by atoms with Crippen molar-refractivity contribution < 1.29 is 0 Å². The van der Waals surface area contributed by atoms with Gasteiger partial charge in [0, 0.05) is 50.4 Å². The molecule has 3 heterocycles. The molecular weight excluding hydrogens is 683 g/mol. The van der Waals surface area contributed by atoms with E-state index in [4.69, 9.17) is 15.0 Å². The van der Waals surface area contributed by atoms with Crippen molar-refractivity contribution in [3.8, 4) is 51.0 Å². The van der Waals surface area contributed by atoms with Gasteiger partial charge in [0.1, 0.15) is 0 Å². The first kappa shape index (κ1) is 31.9. The Bertz CT molecular complexity index is 3040. The normalized spacial score (nSPS) is 12.2. The average molecular weight is 716 g/mol. The molecule has 0 spiro atoms. The third kappa shape index (κ3) is 5.29. The van der Waals surface area contributed by atoms with Crippen LogP contribution in [0.3, 0.4) is 0 Å². The van der Waals surface area contributed by atoms with Gasteiger partial charge in [-0.05, 0) is 64.6 Å². The van der Waals surface area contributed by atoms with Crippen LogP contribution in [0.1, 0.15) is 5.56 Å². The van der Waals surface area contributed by atoms with Gasteiger partial charge in [-0.3, -0.25) is 0 Å². The molecule has 0 saturated heterocycles. The van der Waals surface area contributed by atoms with Crippen LogP contribution in [-0.4, -0.2) is 19.5 Å². The lowest BCUT2D eigenvalue weighted by Crippen LogP contribution is -2.13. The second-order valence-electron chi connectivity index (χ2n) is 14.1. The quantitative estimate of drug-likeness (QED) is 0.172. The van der Waals surface area contributed by atoms with Crippen molar-refractivity contribution in [3.05, 3.63) is 200 Å². The van der Waals surface area contributed by atoms with Crippen LogP contribution in [-0.2, 0) is 0 Å². The van der Waals surface area contributed by atoms with Crippen LogP contribution < -0.4 is 4.90 Å². The minimum absolute atomic E-state index is 0.640. The first-order chi connectivity index (χ1) is 27.8. The van der Waals surface area contributed by atoms with Gasteiger partial charge in [0.15, 0.2) is 17.5 Å². The minimum atomic E-state index is 0.640. The minimum Gasteiger partial charge on any atom is -0.315 e. The molecule has 0 radical (unpaired) electrons. The molecule has 11 rings (SSSR count). The number of fused-ring (bicyclic) bond motifs is 4. The van der Waals surface area contributed by atoms with Crippen molar-refractivity contribution in [3.63, 3.8) is 0 Å². The van der Waals surface area contributed by atoms with Crippen LogP contribution in [0.4, 0.5) is 11.4 Å². The van der Waals surface area contributed by atoms with Gasteiger partial charge in [-0.25, -0.2) is 15.0 Å². The highest BCUT2D eigenvalue weighted by atomic mass is 15.1. The molecule has 0 atom stereocenters. The fraction of sp³-hybridized carbons (Fsp3) is 0. The summed E-state index contributed by atoms with van der Waals surface area (Å²) in [6, 6.07) is 66.0. The molecule has 262 valence electrons. The summed E-state index contributed by atoms with van der Waals surface area (Å²) in [6.45, 7) is 0. The van der Waals surface area contributed by atoms with E-state index in [0.29, 0.717) is 17.5 Å². The zero-order valence-corrected chi connectivity index (χ0v) is 30.3. The first-order valence-corrected chi connectivity index (χ1v) is 18.9. The molecule has 0 saturated carbocycles. The van der Waals surface area contributed by atoms with Gasteiger partial charge in [0.25, 0.3) is 0 Å². The summed E-state index contributed by atoms with van der Waals surface area (Å²) < 4.78 is 2.45. The smallest absolute Gasteiger partial charge is 0.164 e. The molecule has 0 fully saturated rings. The van der Waals surface area contributed by atoms with Crippen molar-refractivity contribution in [2.45, 2.75) is 0 Å². The van der Waals surface area contributed by atoms with Gasteiger partial charge in [0.05, 0.1) is 16.7 Å². The Morgan fingerprint density at radius 1 is 0.393 bits per heavy atom. The second kappa shape index (κ2) is 13.0. The number of benzene rings is 8. The second-order valence-corrected chi connectivity index (χ2v) is 14.1. The number of hydrogen-bond donors (Lipinski definition) is 0. The molecule has 0 unspecified atom stereocenters. The molecule has 0 aliphatic carbocycles. The zero-order chi connectivity index (χ0) is 37.0. The van der Waals surface area contributed by atoms with Gasteiger partial charge in [-0.1, -0.05) is 152 Å². The third-order valence-electron chi connectivity index (χ3n) is 10.8. The van der Waals surface area contributed by atoms with Crippen molar-refractivity contribution >= 4 is 50.0 Å². The summed E-state index contributed by atoms with van der Waals surface area (Å²) in [5.74, 6) is 1.94. The molecule has 56 heavy (non-hydrogen) atoms.